The van der Waals surface area contributed by atoms with Gasteiger partial charge in [0, 0.05) is 12.6 Å². The largest absolute Gasteiger partial charge is 0.497 e. The van der Waals surface area contributed by atoms with E-state index in [2.05, 4.69) is 30.9 Å². The molecular formula is C16H27NO2. The molecule has 0 saturated heterocycles. The predicted octanol–water partition coefficient (Wildman–Crippen LogP) is 2.72. The molecule has 1 N–H and O–H groups in total. The lowest BCUT2D eigenvalue weighted by molar-refractivity contribution is 0.203. The van der Waals surface area contributed by atoms with Crippen LogP contribution < -0.4 is 4.74 Å². The highest BCUT2D eigenvalue weighted by Crippen LogP contribution is 2.16. The van der Waals surface area contributed by atoms with Gasteiger partial charge in [-0.3, -0.25) is 0 Å². The number of methoxy groups -OCH3 is 1. The third-order valence-electron chi connectivity index (χ3n) is 3.55. The Morgan fingerprint density at radius 2 is 2.11 bits per heavy atom. The maximum absolute atomic E-state index is 8.85. The molecule has 0 fully saturated rings. The van der Waals surface area contributed by atoms with Crippen LogP contribution in [-0.2, 0) is 6.42 Å². The fourth-order valence-electron chi connectivity index (χ4n) is 2.39. The molecule has 0 aromatic heterocycles. The zero-order valence-corrected chi connectivity index (χ0v) is 12.4. The molecule has 0 spiro atoms. The van der Waals surface area contributed by atoms with Crippen LogP contribution in [0.15, 0.2) is 24.3 Å². The quantitative estimate of drug-likeness (QED) is 0.697. The topological polar surface area (TPSA) is 32.7 Å². The molecule has 3 nitrogen and oxygen atoms in total. The van der Waals surface area contributed by atoms with Crippen LogP contribution >= 0.6 is 0 Å². The van der Waals surface area contributed by atoms with E-state index in [0.717, 1.165) is 38.1 Å². The smallest absolute Gasteiger partial charge is 0.119 e. The molecule has 108 valence electrons. The molecule has 0 bridgehead atoms. The van der Waals surface area contributed by atoms with Gasteiger partial charge < -0.3 is 14.7 Å². The lowest BCUT2D eigenvalue weighted by Crippen LogP contribution is -2.35. The molecule has 0 aliphatic carbocycles. The number of likely N-dealkylation sites (N-methyl/N-ethyl adjacent to an activating group) is 1. The van der Waals surface area contributed by atoms with Gasteiger partial charge in [-0.05, 0) is 57.0 Å². The predicted molar refractivity (Wildman–Crippen MR) is 79.7 cm³/mol. The van der Waals surface area contributed by atoms with E-state index < -0.39 is 0 Å². The second-order valence-electron chi connectivity index (χ2n) is 4.96. The van der Waals surface area contributed by atoms with Crippen molar-refractivity contribution in [3.63, 3.8) is 0 Å². The number of rotatable bonds is 9. The molecular weight excluding hydrogens is 238 g/mol. The van der Waals surface area contributed by atoms with Crippen molar-refractivity contribution >= 4 is 0 Å². The van der Waals surface area contributed by atoms with E-state index in [1.807, 2.05) is 12.1 Å². The summed E-state index contributed by atoms with van der Waals surface area (Å²) in [5, 5.41) is 8.85. The molecule has 1 rings (SSSR count). The summed E-state index contributed by atoms with van der Waals surface area (Å²) in [6.45, 7) is 6.86. The van der Waals surface area contributed by atoms with E-state index in [0.29, 0.717) is 12.6 Å². The van der Waals surface area contributed by atoms with Gasteiger partial charge in [0.05, 0.1) is 7.11 Å². The van der Waals surface area contributed by atoms with Crippen molar-refractivity contribution in [3.05, 3.63) is 29.8 Å². The number of unbranched alkanes of at least 4 members (excludes halogenated alkanes) is 1. The van der Waals surface area contributed by atoms with Crippen molar-refractivity contribution in [2.24, 2.45) is 0 Å². The summed E-state index contributed by atoms with van der Waals surface area (Å²) in [5.74, 6) is 0.924. The van der Waals surface area contributed by atoms with Gasteiger partial charge in [-0.1, -0.05) is 19.1 Å². The average Bonchev–Trinajstić information content (AvgIpc) is 2.43. The molecule has 0 aliphatic heterocycles. The Balaban J connectivity index is 2.52. The minimum Gasteiger partial charge on any atom is -0.497 e. The minimum atomic E-state index is 0.293. The number of nitrogens with zero attached hydrogens (tertiary/aromatic N) is 1. The number of aliphatic hydroxyl groups is 1. The minimum absolute atomic E-state index is 0.293. The molecule has 0 radical (unpaired) electrons. The molecule has 0 saturated carbocycles. The van der Waals surface area contributed by atoms with Crippen molar-refractivity contribution in [1.82, 2.24) is 4.90 Å². The van der Waals surface area contributed by atoms with Crippen molar-refractivity contribution < 1.29 is 9.84 Å². The Morgan fingerprint density at radius 1 is 1.32 bits per heavy atom. The zero-order chi connectivity index (χ0) is 14.1. The Kier molecular flexibility index (Phi) is 7.53. The van der Waals surface area contributed by atoms with E-state index in [4.69, 9.17) is 9.84 Å². The van der Waals surface area contributed by atoms with Gasteiger partial charge in [0.25, 0.3) is 0 Å². The standard InChI is InChI=1S/C16H27NO2/c1-4-17(10-5-6-11-18)14(2)12-15-8-7-9-16(13-15)19-3/h7-9,13-14,18H,4-6,10-12H2,1-3H3. The van der Waals surface area contributed by atoms with Crippen molar-refractivity contribution in [2.75, 3.05) is 26.8 Å². The first kappa shape index (κ1) is 16.0. The lowest BCUT2D eigenvalue weighted by atomic mass is 10.1. The van der Waals surface area contributed by atoms with E-state index in [-0.39, 0.29) is 0 Å². The summed E-state index contributed by atoms with van der Waals surface area (Å²) < 4.78 is 5.26. The normalized spacial score (nSPS) is 12.7. The summed E-state index contributed by atoms with van der Waals surface area (Å²) in [4.78, 5) is 2.47. The van der Waals surface area contributed by atoms with E-state index >= 15 is 0 Å². The Morgan fingerprint density at radius 3 is 2.74 bits per heavy atom. The maximum atomic E-state index is 8.85. The van der Waals surface area contributed by atoms with Gasteiger partial charge in [0.15, 0.2) is 0 Å². The lowest BCUT2D eigenvalue weighted by Gasteiger charge is -2.28. The van der Waals surface area contributed by atoms with Gasteiger partial charge in [-0.25, -0.2) is 0 Å². The molecule has 0 heterocycles. The number of hydrogen-bond donors (Lipinski definition) is 1. The molecule has 1 aromatic rings. The highest BCUT2D eigenvalue weighted by Gasteiger charge is 2.12. The summed E-state index contributed by atoms with van der Waals surface area (Å²) >= 11 is 0. The van der Waals surface area contributed by atoms with Crippen molar-refractivity contribution in [2.45, 2.75) is 39.2 Å². The van der Waals surface area contributed by atoms with Crippen molar-refractivity contribution in [1.29, 1.82) is 0 Å². The first-order valence-corrected chi connectivity index (χ1v) is 7.19. The van der Waals surface area contributed by atoms with Gasteiger partial charge >= 0.3 is 0 Å². The van der Waals surface area contributed by atoms with Crippen LogP contribution in [0, 0.1) is 0 Å². The first-order chi connectivity index (χ1) is 9.21. The molecule has 3 heteroatoms. The molecule has 0 amide bonds. The summed E-state index contributed by atoms with van der Waals surface area (Å²) in [5.41, 5.74) is 1.31. The van der Waals surface area contributed by atoms with Crippen LogP contribution in [0.4, 0.5) is 0 Å². The first-order valence-electron chi connectivity index (χ1n) is 7.19. The fourth-order valence-corrected chi connectivity index (χ4v) is 2.39. The Bertz CT molecular complexity index is 354. The van der Waals surface area contributed by atoms with Gasteiger partial charge in [0.2, 0.25) is 0 Å². The molecule has 1 atom stereocenters. The highest BCUT2D eigenvalue weighted by molar-refractivity contribution is 5.28. The van der Waals surface area contributed by atoms with Crippen LogP contribution in [0.1, 0.15) is 32.3 Å². The SMILES string of the molecule is CCN(CCCCO)C(C)Cc1cccc(OC)c1. The number of benzene rings is 1. The van der Waals surface area contributed by atoms with E-state index in [9.17, 15) is 0 Å². The third-order valence-corrected chi connectivity index (χ3v) is 3.55. The Labute approximate surface area is 117 Å². The highest BCUT2D eigenvalue weighted by atomic mass is 16.5. The summed E-state index contributed by atoms with van der Waals surface area (Å²) in [6, 6.07) is 8.80. The van der Waals surface area contributed by atoms with Crippen LogP contribution in [0.3, 0.4) is 0 Å². The summed E-state index contributed by atoms with van der Waals surface area (Å²) in [7, 11) is 1.70. The van der Waals surface area contributed by atoms with Crippen LogP contribution in [0.5, 0.6) is 5.75 Å². The van der Waals surface area contributed by atoms with E-state index in [1.54, 1.807) is 7.11 Å². The number of hydrogen-bond acceptors (Lipinski definition) is 3. The summed E-state index contributed by atoms with van der Waals surface area (Å²) in [6.07, 6.45) is 2.99. The number of ether oxygens (including phenoxy) is 1. The monoisotopic (exact) mass is 265 g/mol. The Hall–Kier alpha value is -1.06. The zero-order valence-electron chi connectivity index (χ0n) is 12.4. The fraction of sp³-hybridized carbons (Fsp3) is 0.625. The molecule has 19 heavy (non-hydrogen) atoms. The second kappa shape index (κ2) is 8.94. The average molecular weight is 265 g/mol. The molecule has 0 aliphatic rings. The molecule has 1 aromatic carbocycles. The second-order valence-corrected chi connectivity index (χ2v) is 4.96. The van der Waals surface area contributed by atoms with Crippen LogP contribution in [0.25, 0.3) is 0 Å². The number of aliphatic hydroxyl groups excluding tert-OH is 1. The van der Waals surface area contributed by atoms with Crippen LogP contribution in [0.2, 0.25) is 0 Å². The molecule has 1 unspecified atom stereocenters. The van der Waals surface area contributed by atoms with Crippen LogP contribution in [-0.4, -0.2) is 42.9 Å². The van der Waals surface area contributed by atoms with Gasteiger partial charge in [-0.2, -0.15) is 0 Å². The van der Waals surface area contributed by atoms with E-state index in [1.165, 1.54) is 5.56 Å². The maximum Gasteiger partial charge on any atom is 0.119 e. The van der Waals surface area contributed by atoms with Crippen molar-refractivity contribution in [3.8, 4) is 5.75 Å². The van der Waals surface area contributed by atoms with Gasteiger partial charge in [-0.15, -0.1) is 0 Å². The third kappa shape index (κ3) is 5.62. The van der Waals surface area contributed by atoms with Gasteiger partial charge in [0.1, 0.15) is 5.75 Å².